The Morgan fingerprint density at radius 3 is 2.63 bits per heavy atom. The number of halogens is 3. The van der Waals surface area contributed by atoms with E-state index in [0.29, 0.717) is 34.7 Å². The monoisotopic (exact) mass is 423 g/mol. The summed E-state index contributed by atoms with van der Waals surface area (Å²) in [6.45, 7) is 2.80. The first-order valence-electron chi connectivity index (χ1n) is 10.6. The fourth-order valence-electron chi connectivity index (χ4n) is 4.41. The first-order chi connectivity index (χ1) is 14.4. The summed E-state index contributed by atoms with van der Waals surface area (Å²) in [4.78, 5) is 7.16. The third-order valence-corrected chi connectivity index (χ3v) is 5.84. The SMILES string of the molecule is COc1cc2c(NCC(F)(F)F)c3c(nc2cc1OCCCN1CCCC1)CCC3. The van der Waals surface area contributed by atoms with Crippen molar-refractivity contribution in [1.82, 2.24) is 9.88 Å². The molecule has 30 heavy (non-hydrogen) atoms. The number of anilines is 1. The molecule has 0 atom stereocenters. The summed E-state index contributed by atoms with van der Waals surface area (Å²) in [6, 6.07) is 3.54. The van der Waals surface area contributed by atoms with Crippen molar-refractivity contribution < 1.29 is 22.6 Å². The van der Waals surface area contributed by atoms with E-state index in [1.165, 1.54) is 12.8 Å². The lowest BCUT2D eigenvalue weighted by Gasteiger charge is -2.18. The van der Waals surface area contributed by atoms with E-state index >= 15 is 0 Å². The predicted molar refractivity (Wildman–Crippen MR) is 111 cm³/mol. The highest BCUT2D eigenvalue weighted by atomic mass is 19.4. The van der Waals surface area contributed by atoms with Crippen molar-refractivity contribution in [3.05, 3.63) is 23.4 Å². The Labute approximate surface area is 174 Å². The number of methoxy groups -OCH3 is 1. The van der Waals surface area contributed by atoms with E-state index in [-0.39, 0.29) is 0 Å². The van der Waals surface area contributed by atoms with E-state index in [9.17, 15) is 13.2 Å². The molecule has 1 aliphatic heterocycles. The number of benzene rings is 1. The molecular formula is C22H28F3N3O2. The Morgan fingerprint density at radius 1 is 1.10 bits per heavy atom. The molecule has 164 valence electrons. The zero-order valence-corrected chi connectivity index (χ0v) is 17.3. The molecule has 8 heteroatoms. The second-order valence-electron chi connectivity index (χ2n) is 8.01. The topological polar surface area (TPSA) is 46.6 Å². The average Bonchev–Trinajstić information content (AvgIpc) is 3.39. The number of ether oxygens (including phenoxy) is 2. The molecule has 1 aliphatic carbocycles. The maximum absolute atomic E-state index is 12.9. The van der Waals surface area contributed by atoms with Crippen LogP contribution in [-0.4, -0.2) is 56.0 Å². The van der Waals surface area contributed by atoms with Crippen LogP contribution in [0.4, 0.5) is 18.9 Å². The first kappa shape index (κ1) is 21.0. The Balaban J connectivity index is 1.57. The van der Waals surface area contributed by atoms with E-state index in [1.54, 1.807) is 19.2 Å². The molecule has 0 amide bonds. The van der Waals surface area contributed by atoms with Crippen LogP contribution in [0.2, 0.25) is 0 Å². The van der Waals surface area contributed by atoms with Crippen LogP contribution < -0.4 is 14.8 Å². The van der Waals surface area contributed by atoms with Crippen molar-refractivity contribution in [3.63, 3.8) is 0 Å². The average molecular weight is 423 g/mol. The molecule has 2 aromatic rings. The van der Waals surface area contributed by atoms with Crippen LogP contribution in [0.15, 0.2) is 12.1 Å². The van der Waals surface area contributed by atoms with Crippen molar-refractivity contribution in [1.29, 1.82) is 0 Å². The van der Waals surface area contributed by atoms with Gasteiger partial charge in [0.05, 0.1) is 19.2 Å². The molecule has 2 aliphatic rings. The highest BCUT2D eigenvalue weighted by molar-refractivity contribution is 5.96. The summed E-state index contributed by atoms with van der Waals surface area (Å²) < 4.78 is 50.1. The lowest BCUT2D eigenvalue weighted by atomic mass is 10.1. The van der Waals surface area contributed by atoms with Gasteiger partial charge in [0.15, 0.2) is 11.5 Å². The molecule has 0 saturated carbocycles. The second kappa shape index (κ2) is 8.88. The lowest BCUT2D eigenvalue weighted by molar-refractivity contribution is -0.115. The number of nitrogens with one attached hydrogen (secondary N) is 1. The number of likely N-dealkylation sites (tertiary alicyclic amines) is 1. The fourth-order valence-corrected chi connectivity index (χ4v) is 4.41. The van der Waals surface area contributed by atoms with E-state index in [2.05, 4.69) is 10.2 Å². The summed E-state index contributed by atoms with van der Waals surface area (Å²) in [5.74, 6) is 1.09. The van der Waals surface area contributed by atoms with Crippen LogP contribution in [0.1, 0.15) is 36.9 Å². The summed E-state index contributed by atoms with van der Waals surface area (Å²) in [5.41, 5.74) is 2.91. The number of fused-ring (bicyclic) bond motifs is 2. The van der Waals surface area contributed by atoms with Crippen LogP contribution in [0.25, 0.3) is 10.9 Å². The van der Waals surface area contributed by atoms with Crippen molar-refractivity contribution >= 4 is 16.6 Å². The van der Waals surface area contributed by atoms with Gasteiger partial charge in [0.1, 0.15) is 6.54 Å². The molecule has 2 heterocycles. The smallest absolute Gasteiger partial charge is 0.405 e. The zero-order valence-electron chi connectivity index (χ0n) is 17.3. The molecule has 1 saturated heterocycles. The van der Waals surface area contributed by atoms with E-state index < -0.39 is 12.7 Å². The van der Waals surface area contributed by atoms with Crippen LogP contribution in [-0.2, 0) is 12.8 Å². The lowest BCUT2D eigenvalue weighted by Crippen LogP contribution is -2.22. The molecular weight excluding hydrogens is 395 g/mol. The van der Waals surface area contributed by atoms with E-state index in [4.69, 9.17) is 14.5 Å². The number of aromatic nitrogens is 1. The maximum Gasteiger partial charge on any atom is 0.405 e. The fraction of sp³-hybridized carbons (Fsp3) is 0.591. The Bertz CT molecular complexity index is 896. The van der Waals surface area contributed by atoms with Gasteiger partial charge in [-0.1, -0.05) is 0 Å². The number of hydrogen-bond acceptors (Lipinski definition) is 5. The molecule has 4 rings (SSSR count). The third-order valence-electron chi connectivity index (χ3n) is 5.84. The van der Waals surface area contributed by atoms with Gasteiger partial charge in [-0.25, -0.2) is 0 Å². The summed E-state index contributed by atoms with van der Waals surface area (Å²) in [5, 5.41) is 3.26. The molecule has 1 N–H and O–H groups in total. The maximum atomic E-state index is 12.9. The van der Waals surface area contributed by atoms with Gasteiger partial charge in [-0.05, 0) is 63.2 Å². The van der Waals surface area contributed by atoms with Crippen LogP contribution in [0.5, 0.6) is 11.5 Å². The minimum absolute atomic E-state index is 0.512. The van der Waals surface area contributed by atoms with Crippen molar-refractivity contribution in [2.75, 3.05) is 45.2 Å². The van der Waals surface area contributed by atoms with Crippen molar-refractivity contribution in [2.24, 2.45) is 0 Å². The van der Waals surface area contributed by atoms with Gasteiger partial charge in [0, 0.05) is 29.4 Å². The quantitative estimate of drug-likeness (QED) is 0.631. The third kappa shape index (κ3) is 4.74. The molecule has 0 unspecified atom stereocenters. The summed E-state index contributed by atoms with van der Waals surface area (Å²) >= 11 is 0. The molecule has 0 spiro atoms. The number of nitrogens with zero attached hydrogens (tertiary/aromatic N) is 2. The molecule has 1 aromatic carbocycles. The molecule has 0 bridgehead atoms. The Morgan fingerprint density at radius 2 is 1.90 bits per heavy atom. The van der Waals surface area contributed by atoms with Crippen molar-refractivity contribution in [2.45, 2.75) is 44.7 Å². The van der Waals surface area contributed by atoms with Crippen LogP contribution >= 0.6 is 0 Å². The van der Waals surface area contributed by atoms with Gasteiger partial charge in [0.2, 0.25) is 0 Å². The Hall–Kier alpha value is -2.22. The first-order valence-corrected chi connectivity index (χ1v) is 10.6. The van der Waals surface area contributed by atoms with Gasteiger partial charge in [0.25, 0.3) is 0 Å². The minimum atomic E-state index is -4.29. The van der Waals surface area contributed by atoms with Gasteiger partial charge < -0.3 is 19.7 Å². The number of alkyl halides is 3. The van der Waals surface area contributed by atoms with E-state index in [0.717, 1.165) is 56.6 Å². The molecule has 1 fully saturated rings. The highest BCUT2D eigenvalue weighted by Gasteiger charge is 2.29. The molecule has 1 aromatic heterocycles. The van der Waals surface area contributed by atoms with Crippen LogP contribution in [0.3, 0.4) is 0 Å². The highest BCUT2D eigenvalue weighted by Crippen LogP contribution is 2.40. The van der Waals surface area contributed by atoms with Gasteiger partial charge >= 0.3 is 6.18 Å². The number of hydrogen-bond donors (Lipinski definition) is 1. The van der Waals surface area contributed by atoms with Crippen molar-refractivity contribution in [3.8, 4) is 11.5 Å². The zero-order chi connectivity index (χ0) is 21.1. The van der Waals surface area contributed by atoms with E-state index in [1.807, 2.05) is 0 Å². The Kier molecular flexibility index (Phi) is 6.22. The minimum Gasteiger partial charge on any atom is -0.493 e. The normalized spacial score (nSPS) is 16.8. The molecule has 5 nitrogen and oxygen atoms in total. The standard InChI is InChI=1S/C22H28F3N3O2/c1-29-19-12-16-18(13-20(19)30-11-5-10-28-8-2-3-9-28)27-17-7-4-6-15(17)21(16)26-14-22(23,24)25/h12-13H,2-11,14H2,1H3,(H,26,27). The number of pyridine rings is 1. The summed E-state index contributed by atoms with van der Waals surface area (Å²) in [7, 11) is 1.54. The summed E-state index contributed by atoms with van der Waals surface area (Å²) in [6.07, 6.45) is 1.57. The van der Waals surface area contributed by atoms with Gasteiger partial charge in [-0.15, -0.1) is 0 Å². The molecule has 0 radical (unpaired) electrons. The largest absolute Gasteiger partial charge is 0.493 e. The van der Waals surface area contributed by atoms with Gasteiger partial charge in [-0.2, -0.15) is 13.2 Å². The van der Waals surface area contributed by atoms with Crippen LogP contribution in [0, 0.1) is 0 Å². The predicted octanol–water partition coefficient (Wildman–Crippen LogP) is 4.57. The van der Waals surface area contributed by atoms with Gasteiger partial charge in [-0.3, -0.25) is 4.98 Å². The number of rotatable bonds is 8. The second-order valence-corrected chi connectivity index (χ2v) is 8.01. The number of aryl methyl sites for hydroxylation is 1.